The number of nitrogens with zero attached hydrogens (tertiary/aromatic N) is 6. The number of rotatable bonds is 48. The number of ether oxygens (including phenoxy) is 7. The molecule has 31 heteroatoms. The Kier molecular flexibility index (Phi) is 47.4. The van der Waals surface area contributed by atoms with Gasteiger partial charge in [-0.15, -0.1) is 0 Å². The number of hydrogen-bond donors (Lipinski definition) is 9. The van der Waals surface area contributed by atoms with Gasteiger partial charge in [0.1, 0.15) is 35.0 Å². The van der Waals surface area contributed by atoms with E-state index in [1.165, 1.54) is 146 Å². The molecule has 142 heavy (non-hydrogen) atoms. The van der Waals surface area contributed by atoms with Gasteiger partial charge in [0.2, 0.25) is 0 Å². The summed E-state index contributed by atoms with van der Waals surface area (Å²) >= 11 is 1.29. The summed E-state index contributed by atoms with van der Waals surface area (Å²) in [5, 5.41) is 28.5. The third kappa shape index (κ3) is 34.0. The molecular weight excluding hydrogens is 1830 g/mol. The molecule has 0 radical (unpaired) electrons. The van der Waals surface area contributed by atoms with Gasteiger partial charge in [-0.2, -0.15) is 21.9 Å². The van der Waals surface area contributed by atoms with Crippen LogP contribution in [0.5, 0.6) is 0 Å². The maximum atomic E-state index is 13.2. The van der Waals surface area contributed by atoms with E-state index in [9.17, 15) is 42.3 Å². The van der Waals surface area contributed by atoms with Gasteiger partial charge in [-0.1, -0.05) is 249 Å². The molecular formula is C111H169F3N14O13S. The Bertz CT molecular complexity index is 4700. The van der Waals surface area contributed by atoms with Crippen LogP contribution in [-0.2, 0) is 38.8 Å². The number of methoxy groups -OCH3 is 3. The Morgan fingerprint density at radius 1 is 0.479 bits per heavy atom. The molecule has 4 aliphatic heterocycles. The molecule has 6 aromatic carbocycles. The third-order valence-electron chi connectivity index (χ3n) is 30.9. The SMILES string of the molecule is CNC[C@H](CC1CCCCC1)NC(=O)N1CCC[C@@H]([C@@](O)(CCC(F)(F)F)c2cccc(C)c2)C1.COCCCO[C@@H](c1ccccc1)[C@@H]1CCCN(c2c(N[C@H](CN)CC3CCCCC3)c(=O)c2=O)C1.COCCCO[C@@H](c1ccccc1)[C@@H]1CCCN(c2nsnc2N[C@H](CN)CC2CCCCC2)C1.COCCCO[C@@H](c1ccccc1)[C@H]1CN(c2c(N[C@H](CN)CC3CCCCC3)c(=O)c2=O)CCO1. The van der Waals surface area contributed by atoms with Gasteiger partial charge >= 0.3 is 12.2 Å². The topological polar surface area (TPSA) is 347 Å². The lowest BCUT2D eigenvalue weighted by atomic mass is 9.74. The lowest BCUT2D eigenvalue weighted by molar-refractivity contribution is -0.155. The van der Waals surface area contributed by atoms with Crippen molar-refractivity contribution in [3.05, 3.63) is 184 Å². The number of likely N-dealkylation sites (N-methyl/N-ethyl adjacent to an activating group) is 1. The number of amides is 2. The van der Waals surface area contributed by atoms with Gasteiger partial charge in [-0.25, -0.2) is 4.79 Å². The van der Waals surface area contributed by atoms with E-state index in [0.29, 0.717) is 157 Å². The van der Waals surface area contributed by atoms with Crippen LogP contribution in [0.3, 0.4) is 0 Å². The van der Waals surface area contributed by atoms with Crippen molar-refractivity contribution in [1.29, 1.82) is 0 Å². The van der Waals surface area contributed by atoms with Crippen LogP contribution < -0.4 is 80.2 Å². The first-order valence-electron chi connectivity index (χ1n) is 53.9. The van der Waals surface area contributed by atoms with Crippen molar-refractivity contribution in [3.63, 3.8) is 0 Å². The van der Waals surface area contributed by atoms with E-state index in [1.807, 2.05) is 73.5 Å². The molecule has 0 unspecified atom stereocenters. The Morgan fingerprint density at radius 3 is 1.36 bits per heavy atom. The third-order valence-corrected chi connectivity index (χ3v) is 31.4. The maximum absolute atomic E-state index is 13.2. The van der Waals surface area contributed by atoms with E-state index in [4.69, 9.17) is 54.7 Å². The summed E-state index contributed by atoms with van der Waals surface area (Å²) < 4.78 is 89.7. The fraction of sp³-hybridized carbons (Fsp3) is 0.685. The van der Waals surface area contributed by atoms with Crippen LogP contribution in [0.25, 0.3) is 0 Å². The molecule has 1 aromatic heterocycles. The molecule has 12 atom stereocenters. The summed E-state index contributed by atoms with van der Waals surface area (Å²) in [6.45, 7) is 13.6. The number of morpholine rings is 1. The zero-order chi connectivity index (χ0) is 100. The highest BCUT2D eigenvalue weighted by Gasteiger charge is 2.46. The number of urea groups is 1. The predicted octanol–water partition coefficient (Wildman–Crippen LogP) is 17.8. The molecule has 8 aliphatic rings. The van der Waals surface area contributed by atoms with Crippen LogP contribution in [0.2, 0.25) is 0 Å². The number of aliphatic hydroxyl groups is 1. The van der Waals surface area contributed by atoms with E-state index in [1.54, 1.807) is 44.4 Å². The van der Waals surface area contributed by atoms with Crippen molar-refractivity contribution < 1.29 is 56.2 Å². The van der Waals surface area contributed by atoms with Crippen LogP contribution in [0.4, 0.5) is 52.4 Å². The van der Waals surface area contributed by atoms with Gasteiger partial charge in [0, 0.05) is 188 Å². The molecule has 0 spiro atoms. The monoisotopic (exact) mass is 2000 g/mol. The van der Waals surface area contributed by atoms with E-state index in [0.717, 1.165) is 131 Å². The number of halogens is 3. The molecule has 788 valence electrons. The maximum Gasteiger partial charge on any atom is 0.389 e. The first-order valence-corrected chi connectivity index (χ1v) is 54.6. The predicted molar refractivity (Wildman–Crippen MR) is 564 cm³/mol. The van der Waals surface area contributed by atoms with Gasteiger partial charge < -0.3 is 102 Å². The van der Waals surface area contributed by atoms with Crippen molar-refractivity contribution in [3.8, 4) is 0 Å². The zero-order valence-corrected chi connectivity index (χ0v) is 86.4. The van der Waals surface area contributed by atoms with Crippen molar-refractivity contribution >= 4 is 52.1 Å². The minimum Gasteiger partial charge on any atom is -0.385 e. The second kappa shape index (κ2) is 59.7. The average Bonchev–Trinajstić information content (AvgIpc) is 0.844. The van der Waals surface area contributed by atoms with Crippen molar-refractivity contribution in [2.45, 2.75) is 292 Å². The van der Waals surface area contributed by atoms with Crippen LogP contribution in [-0.4, -0.2) is 214 Å². The molecule has 4 aliphatic carbocycles. The van der Waals surface area contributed by atoms with Gasteiger partial charge in [0.15, 0.2) is 11.6 Å². The molecule has 8 fully saturated rings. The van der Waals surface area contributed by atoms with Crippen molar-refractivity contribution in [2.24, 2.45) is 58.6 Å². The number of piperidine rings is 3. The minimum atomic E-state index is -4.36. The second-order valence-electron chi connectivity index (χ2n) is 41.5. The van der Waals surface area contributed by atoms with E-state index in [2.05, 4.69) is 83.2 Å². The number of carbonyl (C=O) groups excluding carboxylic acids is 1. The average molecular weight is 2000 g/mol. The van der Waals surface area contributed by atoms with Crippen LogP contribution in [0, 0.1) is 48.3 Å². The van der Waals surface area contributed by atoms with Gasteiger partial charge in [-0.05, 0) is 150 Å². The quantitative estimate of drug-likeness (QED) is 0.0126. The first-order chi connectivity index (χ1) is 69.1. The highest BCUT2D eigenvalue weighted by atomic mass is 32.1. The summed E-state index contributed by atoms with van der Waals surface area (Å²) in [7, 11) is 7.00. The molecule has 12 N–H and O–H groups in total. The number of nitrogens with two attached hydrogens (primary N) is 3. The lowest BCUT2D eigenvalue weighted by Gasteiger charge is -2.43. The van der Waals surface area contributed by atoms with Crippen LogP contribution in [0.1, 0.15) is 271 Å². The Labute approximate surface area is 846 Å². The molecule has 27 nitrogen and oxygen atoms in total. The Morgan fingerprint density at radius 2 is 0.908 bits per heavy atom. The first kappa shape index (κ1) is 113. The van der Waals surface area contributed by atoms with Gasteiger partial charge in [0.25, 0.3) is 21.7 Å². The van der Waals surface area contributed by atoms with Crippen molar-refractivity contribution in [2.75, 3.05) is 184 Å². The number of alkyl halides is 3. The number of likely N-dealkylation sites (tertiary alicyclic amines) is 1. The number of aromatic nitrogens is 2. The molecule has 15 rings (SSSR count). The molecule has 5 heterocycles. The summed E-state index contributed by atoms with van der Waals surface area (Å²) in [5.41, 5.74) is 21.8. The number of anilines is 6. The van der Waals surface area contributed by atoms with Crippen LogP contribution >= 0.6 is 11.7 Å². The largest absolute Gasteiger partial charge is 0.389 e. The highest BCUT2D eigenvalue weighted by Crippen LogP contribution is 2.45. The summed E-state index contributed by atoms with van der Waals surface area (Å²) in [6, 6.07) is 38.2. The summed E-state index contributed by atoms with van der Waals surface area (Å²) in [5.74, 6) is 4.72. The summed E-state index contributed by atoms with van der Waals surface area (Å²) in [6.07, 6.45) is 31.1. The lowest BCUT2D eigenvalue weighted by Crippen LogP contribution is -2.54. The fourth-order valence-electron chi connectivity index (χ4n) is 23.3. The number of aryl methyl sites for hydroxylation is 1. The van der Waals surface area contributed by atoms with Crippen molar-refractivity contribution in [1.82, 2.24) is 24.3 Å². The fourth-order valence-corrected chi connectivity index (χ4v) is 23.8. The number of benzene rings is 4. The molecule has 2 amide bonds. The molecule has 4 saturated carbocycles. The standard InChI is InChI=1S/C29H43N3O4.C28H41N3O5.C27H42F3N3O2.C27H43N5O2S/c1-35-16-9-17-36-29(22-12-6-3-7-13-22)23-14-8-15-32(20-23)26-25(27(33)28(26)34)31-24(19-30)18-21-10-4-2-5-11-21;1-34-14-8-15-36-28(21-11-6-3-7-12-21)23-19-31(13-16-35-23)25-24(26(32)27(25)33)30-22(18-29)17-20-9-4-2-5-10-20;1-20-8-6-11-22(16-20)26(35,13-14-27(28,29)30)23-12-7-15-33(19-23)25(34)32-24(18-31-2)17-21-9-4-3-5-10-21;1-33-16-9-17-34-25(22-12-6-3-7-13-22)23-14-8-15-32(20-23)27-26(30-35-31-27)29-24(19-28)18-21-10-4-2-5-11-21/h3,6-7,12-13,21,23-24,29,31H,2,4-5,8-11,14-20,30H2,1H3;3,6-7,11-12,20,22-23,28,30H,2,4-5,8-10,13-19,29H2,1H3;6,8,11,16,21,23-24,31,35H,3-5,7,9-10,12-15,17-19H2,1-2H3,(H,32,34);3,6-7,12-13,21,23-25H,2,4-5,8-11,14-20,28H2,1H3,(H,29,30)/t23-,24+,29+;22-,23+,28-;23-,24+,26-;23-,24+,25+/m1011/s1. The smallest absolute Gasteiger partial charge is 0.385 e. The number of hydrogen-bond acceptors (Lipinski definition) is 26. The van der Waals surface area contributed by atoms with Gasteiger partial charge in [-0.3, -0.25) is 19.2 Å². The molecule has 0 bridgehead atoms. The van der Waals surface area contributed by atoms with Gasteiger partial charge in [0.05, 0.1) is 36.1 Å². The molecule has 4 saturated heterocycles. The van der Waals surface area contributed by atoms with E-state index < -0.39 is 46.8 Å². The minimum absolute atomic E-state index is 0.00632. The van der Waals surface area contributed by atoms with Crippen LogP contribution in [0.15, 0.2) is 134 Å². The number of carbonyl (C=O) groups is 1. The highest BCUT2D eigenvalue weighted by molar-refractivity contribution is 6.99. The van der Waals surface area contributed by atoms with E-state index >= 15 is 0 Å². The van der Waals surface area contributed by atoms with E-state index in [-0.39, 0.29) is 72.5 Å². The zero-order valence-electron chi connectivity index (χ0n) is 85.6. The molecule has 7 aromatic rings. The second-order valence-corrected chi connectivity index (χ2v) is 42.0. The Hall–Kier alpha value is -8.02. The Balaban J connectivity index is 0.000000169. The summed E-state index contributed by atoms with van der Waals surface area (Å²) in [4.78, 5) is 72.1. The normalized spacial score (nSPS) is 21.4. The number of nitrogens with one attached hydrogen (secondary N) is 5.